The highest BCUT2D eigenvalue weighted by Gasteiger charge is 2.34. The van der Waals surface area contributed by atoms with Gasteiger partial charge in [0, 0.05) is 18.2 Å². The largest absolute Gasteiger partial charge is 0.495 e. The van der Waals surface area contributed by atoms with E-state index in [1.54, 1.807) is 19.5 Å². The van der Waals surface area contributed by atoms with Gasteiger partial charge in [-0.05, 0) is 30.0 Å². The number of nitrogens with zero attached hydrogens (tertiary/aromatic N) is 1. The van der Waals surface area contributed by atoms with Gasteiger partial charge in [-0.15, -0.1) is 0 Å². The number of hydrogen-bond donors (Lipinski definition) is 1. The molecular formula is C16H17NO2. The van der Waals surface area contributed by atoms with E-state index in [0.29, 0.717) is 12.2 Å². The number of aliphatic hydroxyl groups is 1. The second-order valence-electron chi connectivity index (χ2n) is 5.09. The molecule has 1 aromatic carbocycles. The van der Waals surface area contributed by atoms with Crippen LogP contribution < -0.4 is 4.74 Å². The minimum Gasteiger partial charge on any atom is -0.495 e. The lowest BCUT2D eigenvalue weighted by molar-refractivity contribution is 0.0217. The summed E-state index contributed by atoms with van der Waals surface area (Å²) in [6, 6.07) is 10.2. The van der Waals surface area contributed by atoms with Gasteiger partial charge in [0.25, 0.3) is 0 Å². The number of aryl methyl sites for hydroxylation is 1. The number of ether oxygens (including phenoxy) is 1. The molecule has 3 heteroatoms. The summed E-state index contributed by atoms with van der Waals surface area (Å²) in [7, 11) is 1.61. The molecule has 1 aliphatic rings. The first-order valence-corrected chi connectivity index (χ1v) is 6.50. The van der Waals surface area contributed by atoms with Crippen molar-refractivity contribution in [1.82, 2.24) is 4.98 Å². The average Bonchev–Trinajstić information content (AvgIpc) is 2.47. The number of hydrogen-bond acceptors (Lipinski definition) is 3. The molecule has 0 saturated heterocycles. The van der Waals surface area contributed by atoms with Crippen LogP contribution in [0.25, 0.3) is 0 Å². The lowest BCUT2D eigenvalue weighted by Gasteiger charge is -2.33. The first kappa shape index (κ1) is 12.2. The van der Waals surface area contributed by atoms with Crippen LogP contribution >= 0.6 is 0 Å². The number of methoxy groups -OCH3 is 1. The monoisotopic (exact) mass is 255 g/mol. The molecule has 19 heavy (non-hydrogen) atoms. The Labute approximate surface area is 112 Å². The molecule has 2 aromatic rings. The van der Waals surface area contributed by atoms with Gasteiger partial charge in [0.1, 0.15) is 5.75 Å². The molecule has 0 radical (unpaired) electrons. The highest BCUT2D eigenvalue weighted by atomic mass is 16.5. The number of aromatic nitrogens is 1. The van der Waals surface area contributed by atoms with E-state index in [1.807, 2.05) is 12.1 Å². The Kier molecular flexibility index (Phi) is 2.99. The van der Waals surface area contributed by atoms with E-state index in [1.165, 1.54) is 11.1 Å². The zero-order valence-electron chi connectivity index (χ0n) is 11.0. The van der Waals surface area contributed by atoms with Crippen molar-refractivity contribution in [3.63, 3.8) is 0 Å². The molecule has 3 rings (SSSR count). The molecule has 0 fully saturated rings. The molecule has 3 nitrogen and oxygen atoms in total. The van der Waals surface area contributed by atoms with E-state index in [9.17, 15) is 5.11 Å². The van der Waals surface area contributed by atoms with Crippen LogP contribution in [0.15, 0.2) is 42.7 Å². The Hall–Kier alpha value is -1.87. The van der Waals surface area contributed by atoms with Crippen molar-refractivity contribution in [2.45, 2.75) is 24.9 Å². The van der Waals surface area contributed by atoms with E-state index in [4.69, 9.17) is 4.74 Å². The molecule has 1 heterocycles. The number of rotatable bonds is 2. The highest BCUT2D eigenvalue weighted by Crippen LogP contribution is 2.36. The molecule has 0 bridgehead atoms. The zero-order chi connectivity index (χ0) is 13.3. The van der Waals surface area contributed by atoms with Crippen LogP contribution in [0.3, 0.4) is 0 Å². The first-order chi connectivity index (χ1) is 9.21. The fraction of sp³-hybridized carbons (Fsp3) is 0.312. The van der Waals surface area contributed by atoms with Crippen molar-refractivity contribution in [3.8, 4) is 5.75 Å². The van der Waals surface area contributed by atoms with Gasteiger partial charge in [-0.25, -0.2) is 0 Å². The van der Waals surface area contributed by atoms with Gasteiger partial charge in [-0.2, -0.15) is 0 Å². The van der Waals surface area contributed by atoms with Crippen molar-refractivity contribution >= 4 is 0 Å². The third-order valence-electron chi connectivity index (χ3n) is 3.90. The maximum atomic E-state index is 10.9. The Morgan fingerprint density at radius 1 is 1.21 bits per heavy atom. The van der Waals surface area contributed by atoms with Crippen LogP contribution in [0.4, 0.5) is 0 Å². The Balaban J connectivity index is 1.96. The predicted octanol–water partition coefficient (Wildman–Crippen LogP) is 2.47. The SMILES string of the molecule is COc1cncc(C2(O)CCc3ccccc3C2)c1. The maximum Gasteiger partial charge on any atom is 0.137 e. The molecule has 0 saturated carbocycles. The van der Waals surface area contributed by atoms with Gasteiger partial charge < -0.3 is 9.84 Å². The fourth-order valence-electron chi connectivity index (χ4n) is 2.75. The summed E-state index contributed by atoms with van der Waals surface area (Å²) in [6.45, 7) is 0. The van der Waals surface area contributed by atoms with E-state index < -0.39 is 5.60 Å². The van der Waals surface area contributed by atoms with Crippen LogP contribution in [0, 0.1) is 0 Å². The number of pyridine rings is 1. The second kappa shape index (κ2) is 4.67. The topological polar surface area (TPSA) is 42.4 Å². The summed E-state index contributed by atoms with van der Waals surface area (Å²) < 4.78 is 5.19. The van der Waals surface area contributed by atoms with E-state index >= 15 is 0 Å². The summed E-state index contributed by atoms with van der Waals surface area (Å²) in [4.78, 5) is 4.15. The van der Waals surface area contributed by atoms with Crippen LogP contribution in [0.5, 0.6) is 5.75 Å². The molecule has 0 amide bonds. The minimum absolute atomic E-state index is 0.637. The molecule has 1 aromatic heterocycles. The first-order valence-electron chi connectivity index (χ1n) is 6.50. The molecule has 1 unspecified atom stereocenters. The number of fused-ring (bicyclic) bond motifs is 1. The predicted molar refractivity (Wildman–Crippen MR) is 73.2 cm³/mol. The Bertz CT molecular complexity index is 597. The lowest BCUT2D eigenvalue weighted by Crippen LogP contribution is -2.33. The van der Waals surface area contributed by atoms with Gasteiger partial charge in [0.15, 0.2) is 0 Å². The fourth-order valence-corrected chi connectivity index (χ4v) is 2.75. The normalized spacial score (nSPS) is 21.8. The molecule has 1 atom stereocenters. The van der Waals surface area contributed by atoms with Gasteiger partial charge >= 0.3 is 0 Å². The van der Waals surface area contributed by atoms with Gasteiger partial charge in [0.2, 0.25) is 0 Å². The molecule has 1 aliphatic carbocycles. The molecule has 0 spiro atoms. The van der Waals surface area contributed by atoms with Crippen molar-refractivity contribution in [2.24, 2.45) is 0 Å². The van der Waals surface area contributed by atoms with Crippen LogP contribution in [0.2, 0.25) is 0 Å². The van der Waals surface area contributed by atoms with Crippen LogP contribution in [-0.4, -0.2) is 17.2 Å². The van der Waals surface area contributed by atoms with Crippen LogP contribution in [0.1, 0.15) is 23.1 Å². The van der Waals surface area contributed by atoms with Crippen molar-refractivity contribution < 1.29 is 9.84 Å². The molecule has 1 N–H and O–H groups in total. The standard InChI is InChI=1S/C16H17NO2/c1-19-15-8-14(10-17-11-15)16(18)7-6-12-4-2-3-5-13(12)9-16/h2-5,8,10-11,18H,6-7,9H2,1H3. The van der Waals surface area contributed by atoms with E-state index in [0.717, 1.165) is 18.4 Å². The maximum absolute atomic E-state index is 10.9. The Morgan fingerprint density at radius 3 is 2.79 bits per heavy atom. The van der Waals surface area contributed by atoms with Crippen molar-refractivity contribution in [2.75, 3.05) is 7.11 Å². The average molecular weight is 255 g/mol. The van der Waals surface area contributed by atoms with Crippen molar-refractivity contribution in [1.29, 1.82) is 0 Å². The van der Waals surface area contributed by atoms with Crippen molar-refractivity contribution in [3.05, 3.63) is 59.4 Å². The zero-order valence-corrected chi connectivity index (χ0v) is 11.0. The summed E-state index contributed by atoms with van der Waals surface area (Å²) in [6.07, 6.45) is 5.64. The summed E-state index contributed by atoms with van der Waals surface area (Å²) in [5.41, 5.74) is 2.55. The molecule has 0 aliphatic heterocycles. The number of benzene rings is 1. The highest BCUT2D eigenvalue weighted by molar-refractivity contribution is 5.36. The minimum atomic E-state index is -0.837. The third-order valence-corrected chi connectivity index (χ3v) is 3.90. The molecule has 98 valence electrons. The lowest BCUT2D eigenvalue weighted by atomic mass is 9.77. The Morgan fingerprint density at radius 2 is 2.00 bits per heavy atom. The van der Waals surface area contributed by atoms with Gasteiger partial charge in [-0.3, -0.25) is 4.98 Å². The summed E-state index contributed by atoms with van der Waals surface area (Å²) in [5.74, 6) is 0.685. The smallest absolute Gasteiger partial charge is 0.137 e. The van der Waals surface area contributed by atoms with Gasteiger partial charge in [-0.1, -0.05) is 24.3 Å². The van der Waals surface area contributed by atoms with E-state index in [2.05, 4.69) is 23.2 Å². The third kappa shape index (κ3) is 2.22. The quantitative estimate of drug-likeness (QED) is 0.896. The second-order valence-corrected chi connectivity index (χ2v) is 5.09. The van der Waals surface area contributed by atoms with E-state index in [-0.39, 0.29) is 0 Å². The molecular weight excluding hydrogens is 238 g/mol. The van der Waals surface area contributed by atoms with Gasteiger partial charge in [0.05, 0.1) is 18.9 Å². The summed E-state index contributed by atoms with van der Waals surface area (Å²) in [5, 5.41) is 10.9. The summed E-state index contributed by atoms with van der Waals surface area (Å²) >= 11 is 0. The van der Waals surface area contributed by atoms with Crippen LogP contribution in [-0.2, 0) is 18.4 Å².